The van der Waals surface area contributed by atoms with Crippen molar-refractivity contribution in [2.24, 2.45) is 4.99 Å². The molecule has 8 heteroatoms. The highest BCUT2D eigenvalue weighted by Crippen LogP contribution is 2.21. The van der Waals surface area contributed by atoms with Crippen LogP contribution in [0.4, 0.5) is 0 Å². The zero-order valence-corrected chi connectivity index (χ0v) is 20.2. The Hall–Kier alpha value is -1.81. The molecule has 1 aromatic carbocycles. The lowest BCUT2D eigenvalue weighted by Crippen LogP contribution is -2.37. The summed E-state index contributed by atoms with van der Waals surface area (Å²) in [7, 11) is 1.67. The van der Waals surface area contributed by atoms with Crippen molar-refractivity contribution in [3.8, 4) is 5.75 Å². The summed E-state index contributed by atoms with van der Waals surface area (Å²) in [6.07, 6.45) is 3.90. The van der Waals surface area contributed by atoms with Crippen molar-refractivity contribution in [3.63, 3.8) is 0 Å². The fourth-order valence-corrected chi connectivity index (χ4v) is 2.78. The Bertz CT molecular complexity index is 748. The van der Waals surface area contributed by atoms with E-state index in [-0.39, 0.29) is 24.0 Å². The first-order valence-electron chi connectivity index (χ1n) is 9.86. The van der Waals surface area contributed by atoms with Gasteiger partial charge >= 0.3 is 0 Å². The largest absolute Gasteiger partial charge is 0.491 e. The second-order valence-electron chi connectivity index (χ2n) is 6.70. The first kappa shape index (κ1) is 25.2. The smallest absolute Gasteiger partial charge is 0.191 e. The Morgan fingerprint density at radius 3 is 2.69 bits per heavy atom. The van der Waals surface area contributed by atoms with Gasteiger partial charge < -0.3 is 20.1 Å². The minimum absolute atomic E-state index is 0. The zero-order valence-electron chi connectivity index (χ0n) is 17.9. The van der Waals surface area contributed by atoms with Gasteiger partial charge in [0, 0.05) is 31.5 Å². The van der Waals surface area contributed by atoms with Crippen molar-refractivity contribution < 1.29 is 9.47 Å². The molecular weight excluding hydrogens is 481 g/mol. The second kappa shape index (κ2) is 14.2. The van der Waals surface area contributed by atoms with Crippen LogP contribution in [-0.4, -0.2) is 49.6 Å². The number of nitrogens with one attached hydrogen (secondary N) is 3. The molecule has 0 unspecified atom stereocenters. The molecule has 29 heavy (non-hydrogen) atoms. The number of aromatic nitrogens is 2. The van der Waals surface area contributed by atoms with Crippen LogP contribution in [0.1, 0.15) is 35.7 Å². The van der Waals surface area contributed by atoms with E-state index < -0.39 is 0 Å². The number of nitrogens with zero attached hydrogens (tertiary/aromatic N) is 2. The first-order valence-corrected chi connectivity index (χ1v) is 9.86. The van der Waals surface area contributed by atoms with E-state index in [4.69, 9.17) is 14.5 Å². The Kier molecular flexibility index (Phi) is 12.4. The summed E-state index contributed by atoms with van der Waals surface area (Å²) in [6, 6.07) is 6.21. The van der Waals surface area contributed by atoms with E-state index in [0.717, 1.165) is 48.9 Å². The van der Waals surface area contributed by atoms with Crippen LogP contribution >= 0.6 is 24.0 Å². The Morgan fingerprint density at radius 2 is 2.00 bits per heavy atom. The molecule has 0 bridgehead atoms. The molecule has 0 aliphatic heterocycles. The van der Waals surface area contributed by atoms with Crippen LogP contribution in [0.15, 0.2) is 29.4 Å². The molecule has 2 aromatic rings. The molecule has 0 fully saturated rings. The number of rotatable bonds is 11. The summed E-state index contributed by atoms with van der Waals surface area (Å²) >= 11 is 0. The lowest BCUT2D eigenvalue weighted by molar-refractivity contribution is 0.145. The second-order valence-corrected chi connectivity index (χ2v) is 6.70. The van der Waals surface area contributed by atoms with Gasteiger partial charge in [-0.05, 0) is 50.8 Å². The minimum Gasteiger partial charge on any atom is -0.491 e. The van der Waals surface area contributed by atoms with Crippen molar-refractivity contribution in [3.05, 3.63) is 46.8 Å². The average Bonchev–Trinajstić information content (AvgIpc) is 3.09. The van der Waals surface area contributed by atoms with Crippen molar-refractivity contribution in [2.75, 3.05) is 33.4 Å². The third-order valence-electron chi connectivity index (χ3n) is 4.37. The van der Waals surface area contributed by atoms with Gasteiger partial charge in [-0.15, -0.1) is 24.0 Å². The average molecular weight is 515 g/mol. The van der Waals surface area contributed by atoms with Gasteiger partial charge in [-0.25, -0.2) is 4.99 Å². The molecule has 2 rings (SSSR count). The maximum Gasteiger partial charge on any atom is 0.191 e. The highest BCUT2D eigenvalue weighted by atomic mass is 127. The standard InChI is InChI=1S/C21H33N5O2.HI/c1-5-22-21(23-10-6-7-18-15-25-26-17(18)3)24-14-19-9-8-16(2)13-20(19)28-12-11-27-4;/h8-9,13,15H,5-7,10-12,14H2,1-4H3,(H,25,26)(H2,22,23,24);1H. The third-order valence-corrected chi connectivity index (χ3v) is 4.37. The highest BCUT2D eigenvalue weighted by Gasteiger charge is 2.06. The van der Waals surface area contributed by atoms with Crippen LogP contribution in [0.2, 0.25) is 0 Å². The van der Waals surface area contributed by atoms with Gasteiger partial charge in [0.25, 0.3) is 0 Å². The monoisotopic (exact) mass is 515 g/mol. The lowest BCUT2D eigenvalue weighted by atomic mass is 10.1. The maximum absolute atomic E-state index is 5.86. The van der Waals surface area contributed by atoms with Crippen LogP contribution in [0.5, 0.6) is 5.75 Å². The fraction of sp³-hybridized carbons (Fsp3) is 0.524. The normalized spacial score (nSPS) is 11.1. The summed E-state index contributed by atoms with van der Waals surface area (Å²) in [4.78, 5) is 4.72. The van der Waals surface area contributed by atoms with E-state index in [0.29, 0.717) is 19.8 Å². The van der Waals surface area contributed by atoms with Crippen molar-refractivity contribution in [1.82, 2.24) is 20.8 Å². The molecule has 1 heterocycles. The van der Waals surface area contributed by atoms with Crippen molar-refractivity contribution in [2.45, 2.75) is 40.2 Å². The van der Waals surface area contributed by atoms with Crippen LogP contribution in [0, 0.1) is 13.8 Å². The number of ether oxygens (including phenoxy) is 2. The van der Waals surface area contributed by atoms with E-state index in [1.165, 1.54) is 11.1 Å². The molecule has 0 saturated heterocycles. The molecule has 0 aliphatic rings. The quantitative estimate of drug-likeness (QED) is 0.185. The maximum atomic E-state index is 5.86. The summed E-state index contributed by atoms with van der Waals surface area (Å²) in [5, 5.41) is 13.8. The third kappa shape index (κ3) is 9.03. The Balaban J connectivity index is 0.00000420. The zero-order chi connectivity index (χ0) is 20.2. The van der Waals surface area contributed by atoms with Gasteiger partial charge in [0.1, 0.15) is 12.4 Å². The predicted molar refractivity (Wildman–Crippen MR) is 128 cm³/mol. The molecule has 0 saturated carbocycles. The molecule has 7 nitrogen and oxygen atoms in total. The Morgan fingerprint density at radius 1 is 1.17 bits per heavy atom. The molecule has 0 aliphatic carbocycles. The van der Waals surface area contributed by atoms with Gasteiger partial charge in [-0.1, -0.05) is 12.1 Å². The van der Waals surface area contributed by atoms with Crippen LogP contribution in [-0.2, 0) is 17.7 Å². The SMILES string of the molecule is CCNC(=NCc1ccc(C)cc1OCCOC)NCCCc1cn[nH]c1C.I. The van der Waals surface area contributed by atoms with Gasteiger partial charge in [0.15, 0.2) is 5.96 Å². The van der Waals surface area contributed by atoms with Crippen LogP contribution < -0.4 is 15.4 Å². The van der Waals surface area contributed by atoms with E-state index in [1.54, 1.807) is 7.11 Å². The number of aromatic amines is 1. The molecule has 0 spiro atoms. The van der Waals surface area contributed by atoms with E-state index >= 15 is 0 Å². The molecule has 0 atom stereocenters. The number of halogens is 1. The van der Waals surface area contributed by atoms with E-state index in [1.807, 2.05) is 12.3 Å². The number of guanidine groups is 1. The number of aryl methyl sites for hydroxylation is 3. The van der Waals surface area contributed by atoms with Gasteiger partial charge in [0.05, 0.1) is 19.3 Å². The topological polar surface area (TPSA) is 83.6 Å². The number of aliphatic imine (C=N–C) groups is 1. The highest BCUT2D eigenvalue weighted by molar-refractivity contribution is 14.0. The number of benzene rings is 1. The molecular formula is C21H34IN5O2. The molecule has 3 N–H and O–H groups in total. The van der Waals surface area contributed by atoms with Crippen LogP contribution in [0.25, 0.3) is 0 Å². The van der Waals surface area contributed by atoms with Gasteiger partial charge in [-0.2, -0.15) is 5.10 Å². The number of hydrogen-bond acceptors (Lipinski definition) is 4. The molecule has 0 radical (unpaired) electrons. The molecule has 0 amide bonds. The number of hydrogen-bond donors (Lipinski definition) is 3. The van der Waals surface area contributed by atoms with Crippen molar-refractivity contribution in [1.29, 1.82) is 0 Å². The van der Waals surface area contributed by atoms with E-state index in [9.17, 15) is 0 Å². The lowest BCUT2D eigenvalue weighted by Gasteiger charge is -2.13. The fourth-order valence-electron chi connectivity index (χ4n) is 2.78. The summed E-state index contributed by atoms with van der Waals surface area (Å²) < 4.78 is 10.9. The van der Waals surface area contributed by atoms with Crippen molar-refractivity contribution >= 4 is 29.9 Å². The van der Waals surface area contributed by atoms with E-state index in [2.05, 4.69) is 53.7 Å². The summed E-state index contributed by atoms with van der Waals surface area (Å²) in [5.74, 6) is 1.68. The number of H-pyrrole nitrogens is 1. The first-order chi connectivity index (χ1) is 13.6. The summed E-state index contributed by atoms with van der Waals surface area (Å²) in [5.41, 5.74) is 4.63. The predicted octanol–water partition coefficient (Wildman–Crippen LogP) is 3.36. The van der Waals surface area contributed by atoms with Gasteiger partial charge in [-0.3, -0.25) is 5.10 Å². The molecule has 1 aromatic heterocycles. The Labute approximate surface area is 191 Å². The minimum atomic E-state index is 0. The van der Waals surface area contributed by atoms with Crippen LogP contribution in [0.3, 0.4) is 0 Å². The summed E-state index contributed by atoms with van der Waals surface area (Å²) in [6.45, 7) is 9.49. The molecule has 162 valence electrons. The van der Waals surface area contributed by atoms with Gasteiger partial charge in [0.2, 0.25) is 0 Å². The number of methoxy groups -OCH3 is 1.